The summed E-state index contributed by atoms with van der Waals surface area (Å²) in [5.41, 5.74) is 0.611. The van der Waals surface area contributed by atoms with Gasteiger partial charge in [0.15, 0.2) is 0 Å². The summed E-state index contributed by atoms with van der Waals surface area (Å²) in [7, 11) is 0. The number of para-hydroxylation sites is 1. The number of anilines is 1. The molecule has 2 heterocycles. The fourth-order valence-corrected chi connectivity index (χ4v) is 4.16. The van der Waals surface area contributed by atoms with Crippen LogP contribution in [-0.2, 0) is 11.3 Å². The van der Waals surface area contributed by atoms with Crippen LogP contribution in [0.2, 0.25) is 0 Å². The van der Waals surface area contributed by atoms with Crippen molar-refractivity contribution < 1.29 is 9.18 Å². The zero-order valence-corrected chi connectivity index (χ0v) is 18.3. The van der Waals surface area contributed by atoms with Crippen LogP contribution in [0.5, 0.6) is 0 Å². The number of nitrogens with zero attached hydrogens (tertiary/aromatic N) is 4. The quantitative estimate of drug-likeness (QED) is 0.614. The number of amides is 1. The molecule has 2 aromatic carbocycles. The van der Waals surface area contributed by atoms with Crippen molar-refractivity contribution in [3.8, 4) is 0 Å². The van der Waals surface area contributed by atoms with Crippen LogP contribution < -0.4 is 16.1 Å². The monoisotopic (exact) mass is 438 g/mol. The molecule has 168 valence electrons. The Morgan fingerprint density at radius 1 is 1.00 bits per heavy atom. The standard InChI is InChI=1S/C24H27FN4O3/c1-3-17(2)29-23(31)20-6-4-5-7-21(20)28(24(29)32)16-22(30)27-14-12-26(13-15-27)19-10-8-18(25)9-11-19/h4-11,17H,3,12-16H2,1-2H3. The molecule has 1 aliphatic rings. The maximum atomic E-state index is 13.2. The van der Waals surface area contributed by atoms with Crippen LogP contribution in [0.4, 0.5) is 10.1 Å². The van der Waals surface area contributed by atoms with E-state index in [4.69, 9.17) is 0 Å². The van der Waals surface area contributed by atoms with Gasteiger partial charge in [0.1, 0.15) is 12.4 Å². The van der Waals surface area contributed by atoms with E-state index in [-0.39, 0.29) is 29.9 Å². The molecule has 0 bridgehead atoms. The Bertz CT molecular complexity index is 1240. The van der Waals surface area contributed by atoms with Crippen LogP contribution in [0.25, 0.3) is 10.9 Å². The van der Waals surface area contributed by atoms with Crippen molar-refractivity contribution in [1.29, 1.82) is 0 Å². The summed E-state index contributed by atoms with van der Waals surface area (Å²) >= 11 is 0. The Kier molecular flexibility index (Phi) is 6.12. The zero-order chi connectivity index (χ0) is 22.8. The Morgan fingerprint density at radius 3 is 2.31 bits per heavy atom. The summed E-state index contributed by atoms with van der Waals surface area (Å²) in [4.78, 5) is 43.0. The molecule has 1 amide bonds. The first-order chi connectivity index (χ1) is 15.4. The van der Waals surface area contributed by atoms with E-state index in [1.54, 1.807) is 41.3 Å². The van der Waals surface area contributed by atoms with Gasteiger partial charge in [0.25, 0.3) is 5.56 Å². The van der Waals surface area contributed by atoms with Crippen LogP contribution in [0.1, 0.15) is 26.3 Å². The highest BCUT2D eigenvalue weighted by Gasteiger charge is 2.24. The molecule has 4 rings (SSSR count). The van der Waals surface area contributed by atoms with Crippen molar-refractivity contribution in [2.45, 2.75) is 32.9 Å². The van der Waals surface area contributed by atoms with Gasteiger partial charge < -0.3 is 9.80 Å². The summed E-state index contributed by atoms with van der Waals surface area (Å²) < 4.78 is 15.8. The van der Waals surface area contributed by atoms with Gasteiger partial charge in [-0.2, -0.15) is 0 Å². The predicted octanol–water partition coefficient (Wildman–Crippen LogP) is 2.62. The van der Waals surface area contributed by atoms with Crippen LogP contribution in [0, 0.1) is 5.82 Å². The van der Waals surface area contributed by atoms with E-state index in [1.807, 2.05) is 13.8 Å². The van der Waals surface area contributed by atoms with Crippen molar-refractivity contribution >= 4 is 22.5 Å². The van der Waals surface area contributed by atoms with Crippen LogP contribution >= 0.6 is 0 Å². The fourth-order valence-electron chi connectivity index (χ4n) is 4.16. The summed E-state index contributed by atoms with van der Waals surface area (Å²) in [5.74, 6) is -0.440. The molecule has 3 aromatic rings. The van der Waals surface area contributed by atoms with Gasteiger partial charge in [0.05, 0.1) is 10.9 Å². The van der Waals surface area contributed by atoms with Gasteiger partial charge in [-0.15, -0.1) is 0 Å². The first-order valence-electron chi connectivity index (χ1n) is 10.9. The largest absolute Gasteiger partial charge is 0.368 e. The van der Waals surface area contributed by atoms with E-state index in [2.05, 4.69) is 4.90 Å². The van der Waals surface area contributed by atoms with Crippen molar-refractivity contribution in [1.82, 2.24) is 14.0 Å². The van der Waals surface area contributed by atoms with Gasteiger partial charge in [-0.3, -0.25) is 18.7 Å². The minimum Gasteiger partial charge on any atom is -0.368 e. The normalized spacial score (nSPS) is 15.2. The maximum absolute atomic E-state index is 13.2. The molecule has 1 saturated heterocycles. The van der Waals surface area contributed by atoms with Crippen molar-refractivity contribution in [2.24, 2.45) is 0 Å². The van der Waals surface area contributed by atoms with Crippen LogP contribution in [0.15, 0.2) is 58.1 Å². The van der Waals surface area contributed by atoms with Gasteiger partial charge in [-0.25, -0.2) is 9.18 Å². The molecule has 0 radical (unpaired) electrons. The van der Waals surface area contributed by atoms with E-state index < -0.39 is 5.69 Å². The summed E-state index contributed by atoms with van der Waals surface area (Å²) in [6, 6.07) is 13.0. The average molecular weight is 439 g/mol. The van der Waals surface area contributed by atoms with E-state index in [0.717, 1.165) is 5.69 Å². The lowest BCUT2D eigenvalue weighted by Crippen LogP contribution is -2.51. The number of benzene rings is 2. The van der Waals surface area contributed by atoms with Gasteiger partial charge in [0, 0.05) is 37.9 Å². The van der Waals surface area contributed by atoms with Gasteiger partial charge in [0.2, 0.25) is 5.91 Å². The highest BCUT2D eigenvalue weighted by Crippen LogP contribution is 2.17. The van der Waals surface area contributed by atoms with Crippen LogP contribution in [0.3, 0.4) is 0 Å². The molecule has 0 saturated carbocycles. The van der Waals surface area contributed by atoms with E-state index in [1.165, 1.54) is 21.3 Å². The second kappa shape index (κ2) is 8.98. The molecule has 1 aliphatic heterocycles. The molecular formula is C24H27FN4O3. The minimum absolute atomic E-state index is 0.118. The number of hydrogen-bond acceptors (Lipinski definition) is 4. The summed E-state index contributed by atoms with van der Waals surface area (Å²) in [6.45, 7) is 5.90. The number of fused-ring (bicyclic) bond motifs is 1. The smallest absolute Gasteiger partial charge is 0.332 e. The lowest BCUT2D eigenvalue weighted by molar-refractivity contribution is -0.132. The predicted molar refractivity (Wildman–Crippen MR) is 123 cm³/mol. The molecule has 1 aromatic heterocycles. The lowest BCUT2D eigenvalue weighted by atomic mass is 10.2. The van der Waals surface area contributed by atoms with E-state index in [9.17, 15) is 18.8 Å². The van der Waals surface area contributed by atoms with Gasteiger partial charge >= 0.3 is 5.69 Å². The number of rotatable bonds is 5. The topological polar surface area (TPSA) is 67.6 Å². The maximum Gasteiger partial charge on any atom is 0.332 e. The molecule has 1 atom stereocenters. The molecule has 32 heavy (non-hydrogen) atoms. The van der Waals surface area contributed by atoms with Gasteiger partial charge in [-0.05, 0) is 49.7 Å². The third-order valence-corrected chi connectivity index (χ3v) is 6.23. The molecule has 1 unspecified atom stereocenters. The number of hydrogen-bond donors (Lipinski definition) is 0. The number of piperazine rings is 1. The first kappa shape index (κ1) is 21.8. The Hall–Kier alpha value is -3.42. The molecule has 8 heteroatoms. The Labute approximate surface area is 185 Å². The third kappa shape index (κ3) is 4.04. The summed E-state index contributed by atoms with van der Waals surface area (Å²) in [6.07, 6.45) is 0.632. The zero-order valence-electron chi connectivity index (χ0n) is 18.3. The Balaban J connectivity index is 1.57. The first-order valence-corrected chi connectivity index (χ1v) is 10.9. The van der Waals surface area contributed by atoms with E-state index >= 15 is 0 Å². The number of carbonyl (C=O) groups is 1. The van der Waals surface area contributed by atoms with Gasteiger partial charge in [-0.1, -0.05) is 19.1 Å². The van der Waals surface area contributed by atoms with Crippen molar-refractivity contribution in [3.63, 3.8) is 0 Å². The highest BCUT2D eigenvalue weighted by atomic mass is 19.1. The molecule has 1 fully saturated rings. The minimum atomic E-state index is -0.457. The summed E-state index contributed by atoms with van der Waals surface area (Å²) in [5, 5.41) is 0.432. The molecule has 0 aliphatic carbocycles. The average Bonchev–Trinajstić information content (AvgIpc) is 2.82. The molecule has 0 N–H and O–H groups in total. The van der Waals surface area contributed by atoms with E-state index in [0.29, 0.717) is 43.5 Å². The molecule has 7 nitrogen and oxygen atoms in total. The Morgan fingerprint density at radius 2 is 1.66 bits per heavy atom. The molecular weight excluding hydrogens is 411 g/mol. The number of aromatic nitrogens is 2. The fraction of sp³-hybridized carbons (Fsp3) is 0.375. The molecule has 0 spiro atoms. The SMILES string of the molecule is CCC(C)n1c(=O)c2ccccc2n(CC(=O)N2CCN(c3ccc(F)cc3)CC2)c1=O. The van der Waals surface area contributed by atoms with Crippen LogP contribution in [-0.4, -0.2) is 46.1 Å². The second-order valence-corrected chi connectivity index (χ2v) is 8.16. The number of halogens is 1. The van der Waals surface area contributed by atoms with Crippen molar-refractivity contribution in [3.05, 3.63) is 75.2 Å². The lowest BCUT2D eigenvalue weighted by Gasteiger charge is -2.36. The third-order valence-electron chi connectivity index (χ3n) is 6.23. The second-order valence-electron chi connectivity index (χ2n) is 8.16. The number of carbonyl (C=O) groups excluding carboxylic acids is 1. The highest BCUT2D eigenvalue weighted by molar-refractivity contribution is 5.82. The van der Waals surface area contributed by atoms with Crippen molar-refractivity contribution in [2.75, 3.05) is 31.1 Å².